The number of aryl methyl sites for hydroxylation is 1. The van der Waals surface area contributed by atoms with Crippen LogP contribution in [0.25, 0.3) is 10.2 Å². The predicted octanol–water partition coefficient (Wildman–Crippen LogP) is 4.35. The number of carbonyl (C=O) groups is 1. The molecule has 4 rings (SSSR count). The van der Waals surface area contributed by atoms with Crippen molar-refractivity contribution in [3.05, 3.63) is 51.2 Å². The number of aromatic nitrogens is 4. The lowest BCUT2D eigenvalue weighted by molar-refractivity contribution is -0.128. The average Bonchev–Trinajstić information content (AvgIpc) is 3.44. The fourth-order valence-corrected chi connectivity index (χ4v) is 5.07. The number of thiazole rings is 2. The molecular formula is C19H19N5O2S3. The number of fused-ring (bicyclic) bond motifs is 1. The first-order valence-corrected chi connectivity index (χ1v) is 11.6. The van der Waals surface area contributed by atoms with Gasteiger partial charge in [-0.25, -0.2) is 9.97 Å². The summed E-state index contributed by atoms with van der Waals surface area (Å²) in [6.07, 6.45) is 0.500. The number of nitrogens with zero attached hydrogens (tertiary/aromatic N) is 5. The molecule has 29 heavy (non-hydrogen) atoms. The monoisotopic (exact) mass is 445 g/mol. The van der Waals surface area contributed by atoms with Gasteiger partial charge in [0, 0.05) is 12.4 Å². The van der Waals surface area contributed by atoms with Crippen molar-refractivity contribution in [3.63, 3.8) is 0 Å². The molecule has 0 N–H and O–H groups in total. The van der Waals surface area contributed by atoms with Gasteiger partial charge in [0.15, 0.2) is 0 Å². The second-order valence-electron chi connectivity index (χ2n) is 6.49. The normalized spacial score (nSPS) is 12.4. The lowest BCUT2D eigenvalue weighted by Gasteiger charge is -2.22. The highest BCUT2D eigenvalue weighted by Gasteiger charge is 2.21. The van der Waals surface area contributed by atoms with Gasteiger partial charge in [0.2, 0.25) is 11.8 Å². The maximum Gasteiger partial charge on any atom is 0.277 e. The summed E-state index contributed by atoms with van der Waals surface area (Å²) in [5, 5.41) is 12.4. The van der Waals surface area contributed by atoms with Crippen LogP contribution in [0.3, 0.4) is 0 Å². The molecule has 0 unspecified atom stereocenters. The number of thioether (sulfide) groups is 1. The van der Waals surface area contributed by atoms with Crippen molar-refractivity contribution >= 4 is 50.6 Å². The molecule has 0 radical (unpaired) electrons. The minimum Gasteiger partial charge on any atom is -0.416 e. The maximum absolute atomic E-state index is 12.6. The zero-order valence-corrected chi connectivity index (χ0v) is 18.6. The minimum absolute atomic E-state index is 0.0170. The summed E-state index contributed by atoms with van der Waals surface area (Å²) < 4.78 is 6.76. The van der Waals surface area contributed by atoms with Gasteiger partial charge >= 0.3 is 0 Å². The van der Waals surface area contributed by atoms with Crippen molar-refractivity contribution in [1.29, 1.82) is 0 Å². The number of carbonyl (C=O) groups excluding carboxylic acids is 1. The summed E-state index contributed by atoms with van der Waals surface area (Å²) in [5.41, 5.74) is 1.87. The standard InChI is InChI=1S/C19H19N5O2S3/c1-11(18-21-14-6-4-5-7-15(14)29-18)24(3)17(25)10-28-19-23-22-16(26-19)8-13-9-27-12(2)20-13/h4-7,9,11H,8,10H2,1-3H3/t11-/m1/s1. The van der Waals surface area contributed by atoms with Gasteiger partial charge in [-0.2, -0.15) is 0 Å². The van der Waals surface area contributed by atoms with Gasteiger partial charge in [-0.1, -0.05) is 23.9 Å². The Kier molecular flexibility index (Phi) is 5.93. The summed E-state index contributed by atoms with van der Waals surface area (Å²) in [7, 11) is 1.80. The molecule has 3 aromatic heterocycles. The molecular weight excluding hydrogens is 426 g/mol. The molecule has 10 heteroatoms. The van der Waals surface area contributed by atoms with Crippen LogP contribution in [0.15, 0.2) is 39.3 Å². The Balaban J connectivity index is 1.34. The first-order valence-electron chi connectivity index (χ1n) is 8.97. The molecule has 0 aliphatic heterocycles. The first kappa shape index (κ1) is 20.0. The third kappa shape index (κ3) is 4.65. The van der Waals surface area contributed by atoms with Gasteiger partial charge in [-0.15, -0.1) is 32.9 Å². The number of hydrogen-bond acceptors (Lipinski definition) is 9. The lowest BCUT2D eigenvalue weighted by atomic mass is 10.3. The van der Waals surface area contributed by atoms with Gasteiger partial charge in [0.05, 0.1) is 39.1 Å². The van der Waals surface area contributed by atoms with Crippen molar-refractivity contribution in [2.24, 2.45) is 0 Å². The summed E-state index contributed by atoms with van der Waals surface area (Å²) in [6.45, 7) is 3.95. The summed E-state index contributed by atoms with van der Waals surface area (Å²) in [6, 6.07) is 7.89. The van der Waals surface area contributed by atoms with E-state index in [-0.39, 0.29) is 17.7 Å². The van der Waals surface area contributed by atoms with Crippen LogP contribution >= 0.6 is 34.4 Å². The van der Waals surface area contributed by atoms with Crippen molar-refractivity contribution in [3.8, 4) is 0 Å². The van der Waals surface area contributed by atoms with E-state index >= 15 is 0 Å². The highest BCUT2D eigenvalue weighted by Crippen LogP contribution is 2.29. The number of amides is 1. The minimum atomic E-state index is -0.105. The molecule has 0 spiro atoms. The zero-order chi connectivity index (χ0) is 20.4. The highest BCUT2D eigenvalue weighted by atomic mass is 32.2. The summed E-state index contributed by atoms with van der Waals surface area (Å²) in [5.74, 6) is 0.710. The first-order chi connectivity index (χ1) is 14.0. The van der Waals surface area contributed by atoms with Gasteiger partial charge in [-0.05, 0) is 26.0 Å². The largest absolute Gasteiger partial charge is 0.416 e. The quantitative estimate of drug-likeness (QED) is 0.391. The Bertz CT molecular complexity index is 1100. The summed E-state index contributed by atoms with van der Waals surface area (Å²) in [4.78, 5) is 23.4. The molecule has 0 saturated carbocycles. The second-order valence-corrected chi connectivity index (χ2v) is 9.54. The van der Waals surface area contributed by atoms with Crippen LogP contribution in [0, 0.1) is 6.92 Å². The number of benzene rings is 1. The third-order valence-electron chi connectivity index (χ3n) is 4.41. The molecule has 0 aliphatic carbocycles. The van der Waals surface area contributed by atoms with E-state index in [0.717, 1.165) is 25.9 Å². The van der Waals surface area contributed by atoms with E-state index in [1.165, 1.54) is 11.8 Å². The molecule has 150 valence electrons. The SMILES string of the molecule is Cc1nc(Cc2nnc(SCC(=O)N(C)[C@H](C)c3nc4ccccc4s3)o2)cs1. The van der Waals surface area contributed by atoms with Crippen LogP contribution in [0.2, 0.25) is 0 Å². The zero-order valence-electron chi connectivity index (χ0n) is 16.2. The Hall–Kier alpha value is -2.30. The van der Waals surface area contributed by atoms with Crippen molar-refractivity contribution in [2.75, 3.05) is 12.8 Å². The summed E-state index contributed by atoms with van der Waals surface area (Å²) >= 11 is 4.45. The maximum atomic E-state index is 12.6. The smallest absolute Gasteiger partial charge is 0.277 e. The van der Waals surface area contributed by atoms with Crippen molar-refractivity contribution in [2.45, 2.75) is 31.5 Å². The van der Waals surface area contributed by atoms with Crippen LogP contribution in [0.4, 0.5) is 0 Å². The number of para-hydroxylation sites is 1. The van der Waals surface area contributed by atoms with E-state index < -0.39 is 0 Å². The molecule has 7 nitrogen and oxygen atoms in total. The van der Waals surface area contributed by atoms with Crippen molar-refractivity contribution in [1.82, 2.24) is 25.1 Å². The van der Waals surface area contributed by atoms with Gasteiger partial charge in [0.25, 0.3) is 5.22 Å². The van der Waals surface area contributed by atoms with Crippen LogP contribution in [0.5, 0.6) is 0 Å². The molecule has 0 aliphatic rings. The lowest BCUT2D eigenvalue weighted by Crippen LogP contribution is -2.31. The average molecular weight is 446 g/mol. The van der Waals surface area contributed by atoms with Gasteiger partial charge < -0.3 is 9.32 Å². The molecule has 1 amide bonds. The van der Waals surface area contributed by atoms with E-state index in [1.807, 2.05) is 43.5 Å². The fourth-order valence-electron chi connectivity index (χ4n) is 2.69. The number of hydrogen-bond donors (Lipinski definition) is 0. The molecule has 0 fully saturated rings. The second kappa shape index (κ2) is 8.60. The van der Waals surface area contributed by atoms with Crippen LogP contribution < -0.4 is 0 Å². The van der Waals surface area contributed by atoms with Crippen molar-refractivity contribution < 1.29 is 9.21 Å². The van der Waals surface area contributed by atoms with E-state index in [4.69, 9.17) is 4.42 Å². The van der Waals surface area contributed by atoms with E-state index in [0.29, 0.717) is 17.5 Å². The third-order valence-corrected chi connectivity index (χ3v) is 7.24. The molecule has 3 heterocycles. The Morgan fingerprint density at radius 3 is 2.86 bits per heavy atom. The molecule has 1 aromatic carbocycles. The van der Waals surface area contributed by atoms with E-state index in [1.54, 1.807) is 34.6 Å². The Labute approximate surface area is 180 Å². The predicted molar refractivity (Wildman–Crippen MR) is 115 cm³/mol. The van der Waals surface area contributed by atoms with E-state index in [2.05, 4.69) is 20.2 Å². The van der Waals surface area contributed by atoms with Gasteiger partial charge in [-0.3, -0.25) is 4.79 Å². The molecule has 0 saturated heterocycles. The fraction of sp³-hybridized carbons (Fsp3) is 0.316. The van der Waals surface area contributed by atoms with Crippen LogP contribution in [-0.2, 0) is 11.2 Å². The molecule has 4 aromatic rings. The highest BCUT2D eigenvalue weighted by molar-refractivity contribution is 7.99. The molecule has 0 bridgehead atoms. The Morgan fingerprint density at radius 2 is 2.10 bits per heavy atom. The topological polar surface area (TPSA) is 85.0 Å². The molecule has 1 atom stereocenters. The van der Waals surface area contributed by atoms with Crippen LogP contribution in [-0.4, -0.2) is 43.8 Å². The Morgan fingerprint density at radius 1 is 1.28 bits per heavy atom. The van der Waals surface area contributed by atoms with E-state index in [9.17, 15) is 4.79 Å². The number of rotatable bonds is 7. The van der Waals surface area contributed by atoms with Gasteiger partial charge in [0.1, 0.15) is 5.01 Å². The van der Waals surface area contributed by atoms with Crippen LogP contribution in [0.1, 0.15) is 34.6 Å².